The number of aromatic nitrogens is 2. The molecule has 37 heavy (non-hydrogen) atoms. The minimum absolute atomic E-state index is 0.0382. The van der Waals surface area contributed by atoms with Gasteiger partial charge in [0.05, 0.1) is 32.6 Å². The number of nitrogens with two attached hydrogens (primary N) is 1. The van der Waals surface area contributed by atoms with E-state index in [0.29, 0.717) is 16.9 Å². The molecule has 0 radical (unpaired) electrons. The van der Waals surface area contributed by atoms with Gasteiger partial charge >= 0.3 is 0 Å². The molecule has 2 aromatic heterocycles. The zero-order valence-electron chi connectivity index (χ0n) is 18.6. The molecule has 0 atom stereocenters. The van der Waals surface area contributed by atoms with E-state index in [4.69, 9.17) is 40.5 Å². The number of benzene rings is 3. The van der Waals surface area contributed by atoms with Crippen molar-refractivity contribution in [3.8, 4) is 22.4 Å². The third kappa shape index (κ3) is 4.15. The number of H-pyrrole nitrogens is 1. The highest BCUT2D eigenvalue weighted by molar-refractivity contribution is 6.42. The summed E-state index contributed by atoms with van der Waals surface area (Å²) in [5.74, 6) is -2.69. The maximum absolute atomic E-state index is 15.3. The predicted molar refractivity (Wildman–Crippen MR) is 142 cm³/mol. The summed E-state index contributed by atoms with van der Waals surface area (Å²) in [6.45, 7) is 0. The number of ketones is 1. The summed E-state index contributed by atoms with van der Waals surface area (Å²) >= 11 is 18.8. The first-order chi connectivity index (χ1) is 17.7. The number of hydrogen-bond donors (Lipinski definition) is 2. The fraction of sp³-hybridized carbons (Fsp3) is 0. The number of rotatable bonds is 5. The van der Waals surface area contributed by atoms with Crippen molar-refractivity contribution in [1.29, 1.82) is 0 Å². The van der Waals surface area contributed by atoms with Crippen LogP contribution in [-0.4, -0.2) is 22.0 Å². The monoisotopic (exact) mass is 555 g/mol. The predicted octanol–water partition coefficient (Wildman–Crippen LogP) is 7.76. The number of anilines is 1. The average Bonchev–Trinajstić information content (AvgIpc) is 3.29. The lowest BCUT2D eigenvalue weighted by Crippen LogP contribution is -2.10. The fourth-order valence-corrected chi connectivity index (χ4v) is 4.91. The van der Waals surface area contributed by atoms with Crippen molar-refractivity contribution in [1.82, 2.24) is 9.97 Å². The van der Waals surface area contributed by atoms with Gasteiger partial charge in [0, 0.05) is 33.3 Å². The number of halogens is 5. The summed E-state index contributed by atoms with van der Waals surface area (Å²) in [5.41, 5.74) is 5.07. The second kappa shape index (κ2) is 9.59. The number of nitrogen functional groups attached to an aromatic ring is 1. The first-order valence-corrected chi connectivity index (χ1v) is 11.8. The number of pyridine rings is 1. The van der Waals surface area contributed by atoms with E-state index in [9.17, 15) is 9.59 Å². The van der Waals surface area contributed by atoms with E-state index in [1.54, 1.807) is 30.3 Å². The standard InChI is InChI=1S/C27H14Cl3F2N3O2/c28-14-6-4-12(5-7-14)19-23(26(37)21-15(29)2-1-3-16(21)30)20-13(11-36)10-34-27(20)35-25(19)22-17(31)8-9-18(33)24(22)32/h1-11H,33H2,(H,34,35). The van der Waals surface area contributed by atoms with Crippen LogP contribution in [-0.2, 0) is 0 Å². The van der Waals surface area contributed by atoms with Gasteiger partial charge in [-0.2, -0.15) is 0 Å². The van der Waals surface area contributed by atoms with E-state index in [1.165, 1.54) is 18.3 Å². The van der Waals surface area contributed by atoms with Gasteiger partial charge in [-0.1, -0.05) is 53.0 Å². The van der Waals surface area contributed by atoms with E-state index in [-0.39, 0.29) is 54.7 Å². The van der Waals surface area contributed by atoms with Crippen LogP contribution in [0, 0.1) is 11.6 Å². The zero-order valence-corrected chi connectivity index (χ0v) is 20.8. The molecule has 0 saturated heterocycles. The Hall–Kier alpha value is -3.78. The van der Waals surface area contributed by atoms with Crippen LogP contribution in [0.2, 0.25) is 15.1 Å². The molecule has 0 amide bonds. The first-order valence-electron chi connectivity index (χ1n) is 10.7. The third-order valence-electron chi connectivity index (χ3n) is 5.88. The number of aromatic amines is 1. The van der Waals surface area contributed by atoms with E-state index in [1.807, 2.05) is 0 Å². The molecule has 0 saturated carbocycles. The molecule has 0 unspecified atom stereocenters. The second-order valence-electron chi connectivity index (χ2n) is 8.05. The molecule has 0 fully saturated rings. The Labute approximate surface area is 223 Å². The van der Waals surface area contributed by atoms with E-state index < -0.39 is 23.0 Å². The largest absolute Gasteiger partial charge is 0.396 e. The van der Waals surface area contributed by atoms with Crippen LogP contribution in [0.4, 0.5) is 14.5 Å². The molecule has 2 heterocycles. The Bertz CT molecular complexity index is 1710. The van der Waals surface area contributed by atoms with Crippen LogP contribution in [0.1, 0.15) is 26.3 Å². The van der Waals surface area contributed by atoms with Gasteiger partial charge in [0.25, 0.3) is 0 Å². The third-order valence-corrected chi connectivity index (χ3v) is 6.77. The van der Waals surface area contributed by atoms with Gasteiger partial charge in [-0.25, -0.2) is 13.8 Å². The van der Waals surface area contributed by atoms with Crippen molar-refractivity contribution in [2.24, 2.45) is 0 Å². The average molecular weight is 557 g/mol. The number of carbonyl (C=O) groups is 2. The lowest BCUT2D eigenvalue weighted by Gasteiger charge is -2.18. The van der Waals surface area contributed by atoms with Crippen LogP contribution in [0.25, 0.3) is 33.4 Å². The van der Waals surface area contributed by atoms with E-state index in [2.05, 4.69) is 9.97 Å². The topological polar surface area (TPSA) is 88.8 Å². The van der Waals surface area contributed by atoms with Gasteiger partial charge in [0.2, 0.25) is 0 Å². The number of nitrogens with zero attached hydrogens (tertiary/aromatic N) is 1. The molecule has 5 aromatic rings. The number of aldehydes is 1. The van der Waals surface area contributed by atoms with Crippen LogP contribution >= 0.6 is 34.8 Å². The van der Waals surface area contributed by atoms with Crippen molar-refractivity contribution in [2.45, 2.75) is 0 Å². The maximum Gasteiger partial charge on any atom is 0.197 e. The Balaban J connectivity index is 2.02. The van der Waals surface area contributed by atoms with Crippen LogP contribution < -0.4 is 5.73 Å². The first kappa shape index (κ1) is 24.9. The molecule has 5 rings (SSSR count). The molecule has 3 N–H and O–H groups in total. The highest BCUT2D eigenvalue weighted by Gasteiger charge is 2.30. The van der Waals surface area contributed by atoms with Crippen molar-refractivity contribution < 1.29 is 18.4 Å². The van der Waals surface area contributed by atoms with Gasteiger partial charge in [-0.3, -0.25) is 9.59 Å². The molecule has 5 nitrogen and oxygen atoms in total. The van der Waals surface area contributed by atoms with Gasteiger partial charge in [-0.15, -0.1) is 0 Å². The van der Waals surface area contributed by atoms with Crippen molar-refractivity contribution >= 4 is 63.6 Å². The summed E-state index contributed by atoms with van der Waals surface area (Å²) < 4.78 is 30.5. The number of nitrogens with one attached hydrogen (secondary N) is 1. The number of fused-ring (bicyclic) bond motifs is 1. The number of carbonyl (C=O) groups excluding carboxylic acids is 2. The minimum atomic E-state index is -1.06. The fourth-order valence-electron chi connectivity index (χ4n) is 4.21. The van der Waals surface area contributed by atoms with Crippen molar-refractivity contribution in [3.63, 3.8) is 0 Å². The summed E-state index contributed by atoms with van der Waals surface area (Å²) in [6, 6.07) is 12.8. The normalized spacial score (nSPS) is 11.2. The molecule has 3 aromatic carbocycles. The minimum Gasteiger partial charge on any atom is -0.396 e. The highest BCUT2D eigenvalue weighted by atomic mass is 35.5. The smallest absolute Gasteiger partial charge is 0.197 e. The molecule has 0 spiro atoms. The molecule has 0 aliphatic heterocycles. The van der Waals surface area contributed by atoms with E-state index >= 15 is 8.78 Å². The molecular weight excluding hydrogens is 543 g/mol. The lowest BCUT2D eigenvalue weighted by atomic mass is 9.87. The maximum atomic E-state index is 15.3. The molecular formula is C27H14Cl3F2N3O2. The summed E-state index contributed by atoms with van der Waals surface area (Å²) in [7, 11) is 0. The molecule has 0 aliphatic rings. The Morgan fingerprint density at radius 3 is 2.24 bits per heavy atom. The van der Waals surface area contributed by atoms with Gasteiger partial charge < -0.3 is 10.7 Å². The SMILES string of the molecule is Nc1ccc(F)c(-c2nc3[nH]cc(C=O)c3c(C(=O)c3c(Cl)cccc3Cl)c2-c2ccc(Cl)cc2)c1F. The quantitative estimate of drug-likeness (QED) is 0.132. The van der Waals surface area contributed by atoms with E-state index in [0.717, 1.165) is 12.1 Å². The Kier molecular flexibility index (Phi) is 6.45. The summed E-state index contributed by atoms with van der Waals surface area (Å²) in [4.78, 5) is 33.4. The summed E-state index contributed by atoms with van der Waals surface area (Å²) in [5, 5.41) is 0.624. The second-order valence-corrected chi connectivity index (χ2v) is 9.30. The zero-order chi connectivity index (χ0) is 26.4. The molecule has 184 valence electrons. The van der Waals surface area contributed by atoms with Crippen molar-refractivity contribution in [2.75, 3.05) is 5.73 Å². The highest BCUT2D eigenvalue weighted by Crippen LogP contribution is 2.43. The van der Waals surface area contributed by atoms with Crippen LogP contribution in [0.5, 0.6) is 0 Å². The molecule has 10 heteroatoms. The Morgan fingerprint density at radius 1 is 0.919 bits per heavy atom. The van der Waals surface area contributed by atoms with Gasteiger partial charge in [0.1, 0.15) is 11.5 Å². The van der Waals surface area contributed by atoms with Crippen LogP contribution in [0.15, 0.2) is 60.8 Å². The van der Waals surface area contributed by atoms with Crippen molar-refractivity contribution in [3.05, 3.63) is 104 Å². The number of hydrogen-bond acceptors (Lipinski definition) is 4. The lowest BCUT2D eigenvalue weighted by molar-refractivity contribution is 0.104. The van der Waals surface area contributed by atoms with Gasteiger partial charge in [0.15, 0.2) is 17.9 Å². The van der Waals surface area contributed by atoms with Gasteiger partial charge in [-0.05, 0) is 42.0 Å². The molecule has 0 aliphatic carbocycles. The summed E-state index contributed by atoms with van der Waals surface area (Å²) in [6.07, 6.45) is 1.88. The molecule has 0 bridgehead atoms. The Morgan fingerprint density at radius 2 is 1.59 bits per heavy atom. The van der Waals surface area contributed by atoms with Crippen LogP contribution in [0.3, 0.4) is 0 Å².